The highest BCUT2D eigenvalue weighted by Crippen LogP contribution is 2.09. The molecule has 0 aromatic rings. The first-order valence-electron chi connectivity index (χ1n) is 11.5. The van der Waals surface area contributed by atoms with Crippen molar-refractivity contribution in [3.63, 3.8) is 0 Å². The van der Waals surface area contributed by atoms with Crippen molar-refractivity contribution in [2.75, 3.05) is 52.4 Å². The molecule has 0 aromatic carbocycles. The predicted molar refractivity (Wildman–Crippen MR) is 128 cm³/mol. The number of rotatable bonds is 16. The fraction of sp³-hybridized carbons (Fsp3) is 0.864. The molecule has 34 heavy (non-hydrogen) atoms. The summed E-state index contributed by atoms with van der Waals surface area (Å²) in [4.78, 5) is 42.4. The summed E-state index contributed by atoms with van der Waals surface area (Å²) >= 11 is 0. The zero-order valence-corrected chi connectivity index (χ0v) is 21.7. The van der Waals surface area contributed by atoms with Crippen LogP contribution in [0.15, 0.2) is 5.11 Å². The van der Waals surface area contributed by atoms with E-state index in [2.05, 4.69) is 15.3 Å². The van der Waals surface area contributed by atoms with Gasteiger partial charge in [0, 0.05) is 37.6 Å². The molecular weight excluding hydrogens is 444 g/mol. The first-order valence-corrected chi connectivity index (χ1v) is 11.5. The van der Waals surface area contributed by atoms with Gasteiger partial charge in [-0.15, -0.1) is 0 Å². The minimum atomic E-state index is -1.04. The average molecular weight is 487 g/mol. The van der Waals surface area contributed by atoms with Gasteiger partial charge in [-0.1, -0.05) is 12.0 Å². The number of nitrogens with one attached hydrogen (secondary N) is 1. The summed E-state index contributed by atoms with van der Waals surface area (Å²) in [5.41, 5.74) is 7.18. The summed E-state index contributed by atoms with van der Waals surface area (Å²) in [6, 6.07) is -0.867. The lowest BCUT2D eigenvalue weighted by atomic mass is 10.2. The molecule has 12 heteroatoms. The zero-order chi connectivity index (χ0) is 26.4. The van der Waals surface area contributed by atoms with E-state index in [9.17, 15) is 19.5 Å². The molecule has 2 N–H and O–H groups in total. The molecule has 0 spiro atoms. The number of azide groups is 1. The summed E-state index contributed by atoms with van der Waals surface area (Å²) in [7, 11) is 0. The topological polar surface area (TPSA) is 157 Å². The quantitative estimate of drug-likeness (QED) is 0.144. The Labute approximate surface area is 202 Å². The number of likely N-dealkylation sites (N-methyl/N-ethyl adjacent to an activating group) is 1. The van der Waals surface area contributed by atoms with Gasteiger partial charge in [-0.2, -0.15) is 0 Å². The highest BCUT2D eigenvalue weighted by molar-refractivity contribution is 5.73. The molecule has 196 valence electrons. The molecule has 0 saturated heterocycles. The van der Waals surface area contributed by atoms with Gasteiger partial charge in [-0.25, -0.2) is 0 Å². The van der Waals surface area contributed by atoms with Crippen molar-refractivity contribution < 1.29 is 29.0 Å². The standard InChI is InChI=1S/C22H42N6O6/c1-8-27(15-18(29)33-21(2,3)4)13-14-28(16-19(30)34-22(5,6)7)12-11-24-17(20(31)32)9-10-25-26-23/h17,24H,8-16H2,1-7H3,(H,31,32). The second-order valence-corrected chi connectivity index (χ2v) is 9.91. The van der Waals surface area contributed by atoms with Crippen molar-refractivity contribution >= 4 is 17.9 Å². The van der Waals surface area contributed by atoms with Gasteiger partial charge in [0.2, 0.25) is 0 Å². The van der Waals surface area contributed by atoms with E-state index >= 15 is 0 Å². The Morgan fingerprint density at radius 1 is 0.971 bits per heavy atom. The Hall–Kier alpha value is -2.40. The SMILES string of the molecule is CCN(CCN(CCNC(CCN=[N+]=[N-])C(=O)O)CC(=O)OC(C)(C)C)CC(=O)OC(C)(C)C. The molecular formula is C22H42N6O6. The van der Waals surface area contributed by atoms with Crippen LogP contribution in [0, 0.1) is 0 Å². The highest BCUT2D eigenvalue weighted by Gasteiger charge is 2.22. The monoisotopic (exact) mass is 486 g/mol. The van der Waals surface area contributed by atoms with E-state index in [1.165, 1.54) is 0 Å². The van der Waals surface area contributed by atoms with Crippen molar-refractivity contribution in [1.82, 2.24) is 15.1 Å². The van der Waals surface area contributed by atoms with Gasteiger partial charge in [0.05, 0.1) is 13.1 Å². The van der Waals surface area contributed by atoms with Gasteiger partial charge in [0.1, 0.15) is 17.2 Å². The second-order valence-electron chi connectivity index (χ2n) is 9.91. The summed E-state index contributed by atoms with van der Waals surface area (Å²) in [6.45, 7) is 15.3. The molecule has 0 amide bonds. The van der Waals surface area contributed by atoms with Crippen LogP contribution in [0.5, 0.6) is 0 Å². The van der Waals surface area contributed by atoms with Crippen LogP contribution >= 0.6 is 0 Å². The molecule has 0 aromatic heterocycles. The van der Waals surface area contributed by atoms with Crippen molar-refractivity contribution in [2.45, 2.75) is 72.1 Å². The van der Waals surface area contributed by atoms with Crippen molar-refractivity contribution in [3.8, 4) is 0 Å². The van der Waals surface area contributed by atoms with Crippen LogP contribution in [0.25, 0.3) is 10.4 Å². The molecule has 12 nitrogen and oxygen atoms in total. The third-order valence-electron chi connectivity index (χ3n) is 4.42. The molecule has 0 bridgehead atoms. The number of hydrogen-bond acceptors (Lipinski definition) is 9. The molecule has 0 aliphatic carbocycles. The van der Waals surface area contributed by atoms with E-state index in [4.69, 9.17) is 15.0 Å². The number of carboxylic acids is 1. The first-order chi connectivity index (χ1) is 15.7. The molecule has 1 unspecified atom stereocenters. The minimum absolute atomic E-state index is 0.0272. The largest absolute Gasteiger partial charge is 0.480 e. The van der Waals surface area contributed by atoms with Gasteiger partial charge in [-0.05, 0) is 60.0 Å². The van der Waals surface area contributed by atoms with Gasteiger partial charge < -0.3 is 19.9 Å². The third kappa shape index (κ3) is 17.1. The molecule has 1 atom stereocenters. The van der Waals surface area contributed by atoms with Gasteiger partial charge in [0.15, 0.2) is 0 Å². The summed E-state index contributed by atoms with van der Waals surface area (Å²) < 4.78 is 10.8. The number of aliphatic carboxylic acids is 1. The zero-order valence-electron chi connectivity index (χ0n) is 21.7. The van der Waals surface area contributed by atoms with E-state index in [0.29, 0.717) is 32.7 Å². The second kappa shape index (κ2) is 15.5. The highest BCUT2D eigenvalue weighted by atomic mass is 16.6. The Kier molecular flexibility index (Phi) is 14.4. The molecule has 0 saturated carbocycles. The van der Waals surface area contributed by atoms with Crippen LogP contribution in [0.4, 0.5) is 0 Å². The number of hydrogen-bond donors (Lipinski definition) is 2. The van der Waals surface area contributed by atoms with Crippen LogP contribution < -0.4 is 5.32 Å². The molecule has 0 aliphatic rings. The summed E-state index contributed by atoms with van der Waals surface area (Å²) in [5, 5.41) is 15.7. The van der Waals surface area contributed by atoms with Crippen LogP contribution in [0.2, 0.25) is 0 Å². The fourth-order valence-electron chi connectivity index (χ4n) is 2.96. The molecule has 0 heterocycles. The maximum Gasteiger partial charge on any atom is 0.320 e. The van der Waals surface area contributed by atoms with E-state index in [1.54, 1.807) is 20.8 Å². The Bertz CT molecular complexity index is 697. The predicted octanol–water partition coefficient (Wildman–Crippen LogP) is 2.04. The van der Waals surface area contributed by atoms with E-state index in [0.717, 1.165) is 0 Å². The van der Waals surface area contributed by atoms with Crippen molar-refractivity contribution in [2.24, 2.45) is 5.11 Å². The maximum absolute atomic E-state index is 12.4. The Morgan fingerprint density at radius 2 is 1.47 bits per heavy atom. The van der Waals surface area contributed by atoms with Crippen LogP contribution in [0.1, 0.15) is 54.9 Å². The number of esters is 2. The smallest absolute Gasteiger partial charge is 0.320 e. The lowest BCUT2D eigenvalue weighted by Gasteiger charge is -2.28. The lowest BCUT2D eigenvalue weighted by molar-refractivity contribution is -0.158. The van der Waals surface area contributed by atoms with Crippen LogP contribution in [0.3, 0.4) is 0 Å². The Morgan fingerprint density at radius 3 is 1.91 bits per heavy atom. The van der Waals surface area contributed by atoms with Crippen molar-refractivity contribution in [3.05, 3.63) is 10.4 Å². The van der Waals surface area contributed by atoms with Crippen LogP contribution in [-0.2, 0) is 23.9 Å². The molecule has 0 aliphatic heterocycles. The van der Waals surface area contributed by atoms with Gasteiger partial charge in [0.25, 0.3) is 0 Å². The van der Waals surface area contributed by atoms with Gasteiger partial charge >= 0.3 is 17.9 Å². The van der Waals surface area contributed by atoms with Crippen molar-refractivity contribution in [1.29, 1.82) is 0 Å². The van der Waals surface area contributed by atoms with E-state index < -0.39 is 23.2 Å². The van der Waals surface area contributed by atoms with E-state index in [1.807, 2.05) is 37.5 Å². The maximum atomic E-state index is 12.4. The number of carboxylic acid groups (broad SMARTS) is 1. The number of carbonyl (C=O) groups is 3. The normalized spacial score (nSPS) is 12.9. The fourth-order valence-corrected chi connectivity index (χ4v) is 2.96. The van der Waals surface area contributed by atoms with E-state index in [-0.39, 0.29) is 38.0 Å². The lowest BCUT2D eigenvalue weighted by Crippen LogP contribution is -2.46. The Balaban J connectivity index is 5.03. The number of nitrogens with zero attached hydrogens (tertiary/aromatic N) is 5. The van der Waals surface area contributed by atoms with Gasteiger partial charge in [-0.3, -0.25) is 24.2 Å². The number of carbonyl (C=O) groups excluding carboxylic acids is 2. The average Bonchev–Trinajstić information content (AvgIpc) is 2.66. The molecule has 0 fully saturated rings. The third-order valence-corrected chi connectivity index (χ3v) is 4.42. The minimum Gasteiger partial charge on any atom is -0.480 e. The first kappa shape index (κ1) is 31.6. The molecule has 0 rings (SSSR count). The van der Waals surface area contributed by atoms with Crippen LogP contribution in [-0.4, -0.2) is 102 Å². The summed E-state index contributed by atoms with van der Waals surface area (Å²) in [6.07, 6.45) is 0.158. The molecule has 0 radical (unpaired) electrons. The summed E-state index contributed by atoms with van der Waals surface area (Å²) in [5.74, 6) is -1.75. The number of ether oxygens (including phenoxy) is 2.